The number of benzene rings is 2. The Kier molecular flexibility index (Phi) is 4.63. The van der Waals surface area contributed by atoms with Crippen LogP contribution in [0.3, 0.4) is 0 Å². The first kappa shape index (κ1) is 18.8. The highest BCUT2D eigenvalue weighted by Crippen LogP contribution is 2.28. The van der Waals surface area contributed by atoms with Crippen molar-refractivity contribution in [2.75, 3.05) is 11.6 Å². The van der Waals surface area contributed by atoms with Gasteiger partial charge in [0, 0.05) is 17.5 Å². The zero-order valence-corrected chi connectivity index (χ0v) is 16.5. The first-order chi connectivity index (χ1) is 13.8. The normalized spacial score (nSPS) is 11.5. The largest absolute Gasteiger partial charge is 0.335 e. The quantitative estimate of drug-likeness (QED) is 0.551. The number of rotatable bonds is 4. The fourth-order valence-corrected chi connectivity index (χ4v) is 3.70. The van der Waals surface area contributed by atoms with Crippen LogP contribution >= 0.6 is 0 Å². The third kappa shape index (κ3) is 3.74. The second-order valence-electron chi connectivity index (χ2n) is 6.62. The summed E-state index contributed by atoms with van der Waals surface area (Å²) in [5.74, 6) is -0.411. The zero-order valence-electron chi connectivity index (χ0n) is 15.7. The van der Waals surface area contributed by atoms with Gasteiger partial charge in [0.2, 0.25) is 0 Å². The standard InChI is InChI=1S/C21H17N3O4S/c1-13-19-17(20(25)22-15-9-6-10-16(11-15)29(2,26)27)12-18(23-21(19)28-24-13)14-7-4-3-5-8-14/h3-12H,1-2H3,(H,22,25). The molecule has 7 nitrogen and oxygen atoms in total. The van der Waals surface area contributed by atoms with Gasteiger partial charge in [-0.25, -0.2) is 13.4 Å². The number of nitrogens with zero attached hydrogens (tertiary/aromatic N) is 2. The molecule has 2 aromatic heterocycles. The molecule has 2 heterocycles. The van der Waals surface area contributed by atoms with E-state index in [2.05, 4.69) is 15.5 Å². The maximum atomic E-state index is 13.1. The van der Waals surface area contributed by atoms with Crippen molar-refractivity contribution in [1.29, 1.82) is 0 Å². The van der Waals surface area contributed by atoms with Crippen molar-refractivity contribution in [2.24, 2.45) is 0 Å². The molecule has 0 aliphatic carbocycles. The summed E-state index contributed by atoms with van der Waals surface area (Å²) < 4.78 is 28.9. The average Bonchev–Trinajstić information content (AvgIpc) is 3.08. The maximum Gasteiger partial charge on any atom is 0.259 e. The molecule has 0 aliphatic heterocycles. The smallest absolute Gasteiger partial charge is 0.259 e. The van der Waals surface area contributed by atoms with E-state index in [0.29, 0.717) is 28.0 Å². The van der Waals surface area contributed by atoms with E-state index in [4.69, 9.17) is 4.52 Å². The molecule has 0 fully saturated rings. The summed E-state index contributed by atoms with van der Waals surface area (Å²) in [5.41, 5.74) is 2.93. The Hall–Kier alpha value is -3.52. The number of aromatic nitrogens is 2. The van der Waals surface area contributed by atoms with Crippen molar-refractivity contribution in [3.8, 4) is 11.3 Å². The summed E-state index contributed by atoms with van der Waals surface area (Å²) in [4.78, 5) is 17.7. The van der Waals surface area contributed by atoms with Crippen molar-refractivity contribution >= 4 is 32.5 Å². The number of sulfone groups is 1. The molecule has 4 rings (SSSR count). The molecule has 0 saturated heterocycles. The number of carbonyl (C=O) groups is 1. The molecule has 0 radical (unpaired) electrons. The number of pyridine rings is 1. The fraction of sp³-hybridized carbons (Fsp3) is 0.0952. The van der Waals surface area contributed by atoms with Crippen LogP contribution in [0.15, 0.2) is 70.1 Å². The lowest BCUT2D eigenvalue weighted by molar-refractivity contribution is 0.102. The summed E-state index contributed by atoms with van der Waals surface area (Å²) in [6, 6.07) is 17.2. The highest BCUT2D eigenvalue weighted by Gasteiger charge is 2.20. The second-order valence-corrected chi connectivity index (χ2v) is 8.64. The van der Waals surface area contributed by atoms with Gasteiger partial charge < -0.3 is 9.84 Å². The molecular weight excluding hydrogens is 390 g/mol. The highest BCUT2D eigenvalue weighted by atomic mass is 32.2. The van der Waals surface area contributed by atoms with E-state index < -0.39 is 15.7 Å². The number of anilines is 1. The van der Waals surface area contributed by atoms with Gasteiger partial charge in [-0.05, 0) is 31.2 Å². The lowest BCUT2D eigenvalue weighted by Crippen LogP contribution is -2.13. The van der Waals surface area contributed by atoms with Crippen LogP contribution in [-0.2, 0) is 9.84 Å². The summed E-state index contributed by atoms with van der Waals surface area (Å²) >= 11 is 0. The summed E-state index contributed by atoms with van der Waals surface area (Å²) in [7, 11) is -3.39. The second kappa shape index (κ2) is 7.14. The van der Waals surface area contributed by atoms with Gasteiger partial charge in [0.25, 0.3) is 11.6 Å². The molecule has 0 unspecified atom stereocenters. The van der Waals surface area contributed by atoms with Gasteiger partial charge in [-0.3, -0.25) is 4.79 Å². The van der Waals surface area contributed by atoms with Crippen LogP contribution in [0.4, 0.5) is 5.69 Å². The van der Waals surface area contributed by atoms with Crippen LogP contribution in [0.2, 0.25) is 0 Å². The molecule has 0 spiro atoms. The SMILES string of the molecule is Cc1noc2nc(-c3ccccc3)cc(C(=O)Nc3cccc(S(C)(=O)=O)c3)c12. The van der Waals surface area contributed by atoms with E-state index in [1.807, 2.05) is 30.3 Å². The van der Waals surface area contributed by atoms with Gasteiger partial charge in [-0.15, -0.1) is 0 Å². The fourth-order valence-electron chi connectivity index (χ4n) is 3.03. The van der Waals surface area contributed by atoms with E-state index >= 15 is 0 Å². The number of aryl methyl sites for hydroxylation is 1. The molecule has 1 amide bonds. The highest BCUT2D eigenvalue weighted by molar-refractivity contribution is 7.90. The number of fused-ring (bicyclic) bond motifs is 1. The van der Waals surface area contributed by atoms with Crippen molar-refractivity contribution < 1.29 is 17.7 Å². The molecule has 8 heteroatoms. The summed E-state index contributed by atoms with van der Waals surface area (Å²) in [5, 5.41) is 7.20. The van der Waals surface area contributed by atoms with Crippen LogP contribution < -0.4 is 5.32 Å². The van der Waals surface area contributed by atoms with E-state index in [1.165, 1.54) is 12.1 Å². The lowest BCUT2D eigenvalue weighted by Gasteiger charge is -2.09. The zero-order chi connectivity index (χ0) is 20.6. The Balaban J connectivity index is 1.79. The van der Waals surface area contributed by atoms with Gasteiger partial charge in [-0.1, -0.05) is 41.6 Å². The molecule has 4 aromatic rings. The Morgan fingerprint density at radius 2 is 1.79 bits per heavy atom. The Morgan fingerprint density at radius 1 is 1.03 bits per heavy atom. The van der Waals surface area contributed by atoms with Crippen LogP contribution in [0.1, 0.15) is 16.1 Å². The molecule has 2 aromatic carbocycles. The van der Waals surface area contributed by atoms with Gasteiger partial charge in [-0.2, -0.15) is 0 Å². The number of hydrogen-bond donors (Lipinski definition) is 1. The first-order valence-corrected chi connectivity index (χ1v) is 10.7. The Morgan fingerprint density at radius 3 is 2.52 bits per heavy atom. The Bertz CT molecular complexity index is 1330. The number of nitrogens with one attached hydrogen (secondary N) is 1. The van der Waals surface area contributed by atoms with Crippen LogP contribution in [0.25, 0.3) is 22.4 Å². The summed E-state index contributed by atoms with van der Waals surface area (Å²) in [6.07, 6.45) is 1.12. The predicted octanol–water partition coefficient (Wildman–Crippen LogP) is 3.85. The van der Waals surface area contributed by atoms with Gasteiger partial charge in [0.1, 0.15) is 0 Å². The minimum Gasteiger partial charge on any atom is -0.335 e. The minimum atomic E-state index is -3.39. The minimum absolute atomic E-state index is 0.126. The van der Waals surface area contributed by atoms with E-state index in [9.17, 15) is 13.2 Å². The molecule has 146 valence electrons. The van der Waals surface area contributed by atoms with Crippen LogP contribution in [0.5, 0.6) is 0 Å². The molecule has 0 aliphatic rings. The van der Waals surface area contributed by atoms with Crippen LogP contribution in [0, 0.1) is 6.92 Å². The lowest BCUT2D eigenvalue weighted by atomic mass is 10.1. The average molecular weight is 407 g/mol. The van der Waals surface area contributed by atoms with Crippen molar-refractivity contribution in [2.45, 2.75) is 11.8 Å². The molecule has 0 saturated carbocycles. The predicted molar refractivity (Wildman–Crippen MR) is 109 cm³/mol. The molecule has 0 atom stereocenters. The van der Waals surface area contributed by atoms with Crippen molar-refractivity contribution in [3.05, 3.63) is 71.9 Å². The van der Waals surface area contributed by atoms with E-state index in [1.54, 1.807) is 25.1 Å². The van der Waals surface area contributed by atoms with Gasteiger partial charge in [0.15, 0.2) is 9.84 Å². The topological polar surface area (TPSA) is 102 Å². The molecule has 1 N–H and O–H groups in total. The number of carbonyl (C=O) groups excluding carboxylic acids is 1. The van der Waals surface area contributed by atoms with Crippen LogP contribution in [-0.4, -0.2) is 30.7 Å². The van der Waals surface area contributed by atoms with E-state index in [-0.39, 0.29) is 10.6 Å². The van der Waals surface area contributed by atoms with Gasteiger partial charge in [0.05, 0.1) is 27.2 Å². The van der Waals surface area contributed by atoms with Gasteiger partial charge >= 0.3 is 0 Å². The first-order valence-electron chi connectivity index (χ1n) is 8.77. The number of hydrogen-bond acceptors (Lipinski definition) is 6. The summed E-state index contributed by atoms with van der Waals surface area (Å²) in [6.45, 7) is 1.73. The van der Waals surface area contributed by atoms with Crippen molar-refractivity contribution in [3.63, 3.8) is 0 Å². The maximum absolute atomic E-state index is 13.1. The molecule has 29 heavy (non-hydrogen) atoms. The Labute approximate surface area is 167 Å². The number of amides is 1. The monoisotopic (exact) mass is 407 g/mol. The van der Waals surface area contributed by atoms with Crippen molar-refractivity contribution in [1.82, 2.24) is 10.1 Å². The molecule has 0 bridgehead atoms. The molecular formula is C21H17N3O4S. The van der Waals surface area contributed by atoms with E-state index in [0.717, 1.165) is 11.8 Å². The third-order valence-corrected chi connectivity index (χ3v) is 5.56. The third-order valence-electron chi connectivity index (χ3n) is 4.45.